The number of hydrogen-bond donors (Lipinski definition) is 4. The molecule has 0 aliphatic carbocycles. The number of aromatic hydroxyl groups is 2. The standard InChI is InChI=1S/2C11H21NO2.C11H19NO2.C8H8O3.C7H5NO5.C6H9NO2.C5H12.C4H9N.C4H8.2CH4/c3*1-5-9(6-2)11(14)12-10(7-3)8(4)13;1-6-7(10)3-2-4-8(6)11-5-9;9-4-13-6-3-1-2-5(10)7(6)8(11)12;1-3-6(5(2)9)7-4-8;1-3-5-4-2;1-3-4-5-2;1-3-4-2;;/h2*9-10H,5-7H2,1-4H3,(H,12,14);9H,5-7H2,1-4H3;2-5,10H,1H3;1-4,10H;6H,3H2,1-2H3;3-5H2,1-2H3;4H,3H2,1-2H3;3H,1,4H2,2H3;2*1H4. The molecular formula is C69H120N6O16. The average molecular weight is 1290 g/mol. The third-order valence-corrected chi connectivity index (χ3v) is 12.7. The van der Waals surface area contributed by atoms with Crippen LogP contribution in [0.2, 0.25) is 0 Å². The van der Waals surface area contributed by atoms with Gasteiger partial charge in [0.1, 0.15) is 17.5 Å². The summed E-state index contributed by atoms with van der Waals surface area (Å²) in [6, 6.07) is 7.37. The highest BCUT2D eigenvalue weighted by Gasteiger charge is 2.22. The summed E-state index contributed by atoms with van der Waals surface area (Å²) in [6.07, 6.45) is 18.6. The van der Waals surface area contributed by atoms with E-state index in [1.165, 1.54) is 71.2 Å². The minimum absolute atomic E-state index is 0. The minimum Gasteiger partial charge on any atom is -0.508 e. The molecule has 0 bridgehead atoms. The Hall–Kier alpha value is -7.87. The number of para-hydroxylation sites is 1. The van der Waals surface area contributed by atoms with Gasteiger partial charge < -0.3 is 35.3 Å². The van der Waals surface area contributed by atoms with Gasteiger partial charge >= 0.3 is 5.69 Å². The molecule has 2 rings (SSSR count). The lowest BCUT2D eigenvalue weighted by atomic mass is 10.0. The van der Waals surface area contributed by atoms with E-state index in [9.17, 15) is 58.1 Å². The number of nitro benzene ring substituents is 1. The van der Waals surface area contributed by atoms with Gasteiger partial charge in [-0.2, -0.15) is 4.99 Å². The molecule has 4 N–H and O–H groups in total. The summed E-state index contributed by atoms with van der Waals surface area (Å²) >= 11 is 0. The topological polar surface area (TPSA) is 334 Å². The zero-order chi connectivity index (χ0) is 70.5. The van der Waals surface area contributed by atoms with E-state index in [4.69, 9.17) is 10.2 Å². The van der Waals surface area contributed by atoms with Gasteiger partial charge in [-0.3, -0.25) is 53.3 Å². The van der Waals surface area contributed by atoms with Gasteiger partial charge in [0.25, 0.3) is 12.9 Å². The van der Waals surface area contributed by atoms with Crippen molar-refractivity contribution < 1.29 is 72.6 Å². The van der Waals surface area contributed by atoms with Gasteiger partial charge in [0.05, 0.1) is 22.7 Å². The maximum Gasteiger partial charge on any atom is 0.352 e. The summed E-state index contributed by atoms with van der Waals surface area (Å²) in [5, 5.41) is 34.1. The van der Waals surface area contributed by atoms with Crippen LogP contribution in [0.5, 0.6) is 23.0 Å². The van der Waals surface area contributed by atoms with E-state index in [2.05, 4.69) is 69.4 Å². The molecule has 0 fully saturated rings. The minimum atomic E-state index is -0.825. The SMILES string of the molecule is C.C.C=CCC.CCC(=NC(=O)C(CC)CC)C(C)=O.CCC(CC)C(=O)NC(CC)C(C)=O.CCC(CC)C(=O)NC(CC)C(C)=O.CCC(N=C=O)C(C)=O.CCC=NC.CCCCC.Cc1c(O)cccc1OC=O.O=COc1cccc(O)c1[N+](=O)[O-]. The molecular weight excluding hydrogens is 1170 g/mol. The van der Waals surface area contributed by atoms with Crippen LogP contribution in [0.4, 0.5) is 5.69 Å². The number of rotatable bonds is 29. The third kappa shape index (κ3) is 54.8. The number of unbranched alkanes of at least 4 members (excludes halogenated alkanes) is 2. The lowest BCUT2D eigenvalue weighted by Gasteiger charge is -2.18. The van der Waals surface area contributed by atoms with Gasteiger partial charge in [0.15, 0.2) is 28.9 Å². The van der Waals surface area contributed by atoms with E-state index in [0.717, 1.165) is 57.4 Å². The number of phenolic OH excluding ortho intramolecular Hbond substituents is 2. The highest BCUT2D eigenvalue weighted by Crippen LogP contribution is 2.35. The van der Waals surface area contributed by atoms with Crippen LogP contribution in [-0.2, 0) is 47.9 Å². The first-order valence-corrected chi connectivity index (χ1v) is 30.9. The molecule has 2 aromatic carbocycles. The fourth-order valence-corrected chi connectivity index (χ4v) is 6.84. The van der Waals surface area contributed by atoms with Crippen LogP contribution in [0.15, 0.2) is 64.0 Å². The number of amides is 3. The van der Waals surface area contributed by atoms with Crippen molar-refractivity contribution in [2.75, 3.05) is 7.05 Å². The first-order chi connectivity index (χ1) is 42.1. The number of nitrogens with zero attached hydrogens (tertiary/aromatic N) is 4. The fraction of sp³-hybridized carbons (Fsp3) is 0.623. The lowest BCUT2D eigenvalue weighted by Crippen LogP contribution is -2.42. The second-order valence-electron chi connectivity index (χ2n) is 19.4. The van der Waals surface area contributed by atoms with E-state index < -0.39 is 22.4 Å². The van der Waals surface area contributed by atoms with Crippen LogP contribution in [0.1, 0.15) is 241 Å². The Morgan fingerprint density at radius 1 is 0.626 bits per heavy atom. The molecule has 0 spiro atoms. The molecule has 3 atom stereocenters. The number of ether oxygens (including phenoxy) is 2. The van der Waals surface area contributed by atoms with E-state index in [-0.39, 0.29) is 104 Å². The zero-order valence-electron chi connectivity index (χ0n) is 57.5. The Balaban J connectivity index is -0.000000121. The van der Waals surface area contributed by atoms with E-state index >= 15 is 0 Å². The summed E-state index contributed by atoms with van der Waals surface area (Å²) in [4.78, 5) is 128. The highest BCUT2D eigenvalue weighted by molar-refractivity contribution is 6.40. The first kappa shape index (κ1) is 102. The number of nitrogens with one attached hydrogen (secondary N) is 2. The number of aliphatic imine (C=N–C) groups is 3. The Kier molecular flexibility index (Phi) is 78.0. The van der Waals surface area contributed by atoms with E-state index in [0.29, 0.717) is 49.2 Å². The summed E-state index contributed by atoms with van der Waals surface area (Å²) in [6.45, 7) is 39.3. The summed E-state index contributed by atoms with van der Waals surface area (Å²) in [5.41, 5.74) is 0.344. The number of carbonyl (C=O) groups is 9. The molecule has 22 nitrogen and oxygen atoms in total. The maximum atomic E-state index is 11.6. The van der Waals surface area contributed by atoms with Gasteiger partial charge in [-0.15, -0.1) is 6.58 Å². The number of isocyanates is 1. The van der Waals surface area contributed by atoms with Crippen molar-refractivity contribution in [2.45, 2.75) is 261 Å². The number of ketones is 4. The molecule has 0 aliphatic heterocycles. The molecule has 3 unspecified atom stereocenters. The number of phenols is 2. The first-order valence-electron chi connectivity index (χ1n) is 30.9. The predicted octanol–water partition coefficient (Wildman–Crippen LogP) is 15.1. The number of Topliss-reactive ketones (excluding diaryl/α,β-unsaturated/α-hetero) is 4. The normalized spacial score (nSPS) is 10.6. The number of allylic oxidation sites excluding steroid dienone is 1. The van der Waals surface area contributed by atoms with Crippen LogP contribution in [0, 0.1) is 34.8 Å². The summed E-state index contributed by atoms with van der Waals surface area (Å²) < 4.78 is 8.87. The second-order valence-corrected chi connectivity index (χ2v) is 19.4. The molecule has 0 aromatic heterocycles. The van der Waals surface area contributed by atoms with Gasteiger partial charge in [0, 0.05) is 37.3 Å². The van der Waals surface area contributed by atoms with Crippen molar-refractivity contribution in [1.29, 1.82) is 0 Å². The fourth-order valence-electron chi connectivity index (χ4n) is 6.84. The van der Waals surface area contributed by atoms with Crippen molar-refractivity contribution in [3.8, 4) is 23.0 Å². The average Bonchev–Trinajstić information content (AvgIpc) is 2.84. The van der Waals surface area contributed by atoms with E-state index in [1.807, 2.05) is 74.6 Å². The van der Waals surface area contributed by atoms with Crippen molar-refractivity contribution in [2.24, 2.45) is 32.7 Å². The van der Waals surface area contributed by atoms with Crippen molar-refractivity contribution in [3.63, 3.8) is 0 Å². The number of benzene rings is 2. The molecule has 22 heteroatoms. The zero-order valence-corrected chi connectivity index (χ0v) is 57.5. The molecule has 91 heavy (non-hydrogen) atoms. The predicted molar refractivity (Wildman–Crippen MR) is 369 cm³/mol. The lowest BCUT2D eigenvalue weighted by molar-refractivity contribution is -0.386. The summed E-state index contributed by atoms with van der Waals surface area (Å²) in [5.74, 6) is -0.487. The molecule has 0 saturated carbocycles. The molecule has 522 valence electrons. The third-order valence-electron chi connectivity index (χ3n) is 12.7. The molecule has 0 aliphatic rings. The Labute approximate surface area is 547 Å². The van der Waals surface area contributed by atoms with E-state index in [1.54, 1.807) is 33.0 Å². The van der Waals surface area contributed by atoms with Crippen LogP contribution < -0.4 is 20.1 Å². The molecule has 0 radical (unpaired) electrons. The molecule has 0 saturated heterocycles. The second kappa shape index (κ2) is 69.6. The van der Waals surface area contributed by atoms with Gasteiger partial charge in [-0.1, -0.05) is 149 Å². The van der Waals surface area contributed by atoms with Crippen LogP contribution in [0.25, 0.3) is 0 Å². The Morgan fingerprint density at radius 3 is 1.26 bits per heavy atom. The largest absolute Gasteiger partial charge is 0.508 e. The molecule has 0 heterocycles. The monoisotopic (exact) mass is 1290 g/mol. The van der Waals surface area contributed by atoms with Crippen molar-refractivity contribution in [1.82, 2.24) is 10.6 Å². The van der Waals surface area contributed by atoms with Gasteiger partial charge in [-0.25, -0.2) is 9.79 Å². The van der Waals surface area contributed by atoms with Gasteiger partial charge in [-0.05, 0) is 135 Å². The highest BCUT2D eigenvalue weighted by atomic mass is 16.6. The number of carbonyl (C=O) groups excluding carboxylic acids is 10. The van der Waals surface area contributed by atoms with Crippen LogP contribution >= 0.6 is 0 Å². The van der Waals surface area contributed by atoms with Crippen LogP contribution in [0.3, 0.4) is 0 Å². The Bertz CT molecular complexity index is 2360. The molecule has 2 aromatic rings. The Morgan fingerprint density at radius 2 is 1.02 bits per heavy atom. The van der Waals surface area contributed by atoms with Gasteiger partial charge in [0.2, 0.25) is 29.6 Å². The van der Waals surface area contributed by atoms with Crippen LogP contribution in [-0.4, -0.2) is 112 Å². The number of hydrogen-bond acceptors (Lipinski definition) is 18. The van der Waals surface area contributed by atoms with Crippen molar-refractivity contribution in [3.05, 3.63) is 64.7 Å². The smallest absolute Gasteiger partial charge is 0.352 e. The van der Waals surface area contributed by atoms with Crippen molar-refractivity contribution >= 4 is 77.5 Å². The maximum absolute atomic E-state index is 11.6. The number of nitro groups is 1. The molecule has 3 amide bonds. The quantitative estimate of drug-likeness (QED) is 0.0147. The summed E-state index contributed by atoms with van der Waals surface area (Å²) in [7, 11) is 1.78.